The van der Waals surface area contributed by atoms with E-state index in [1.165, 1.54) is 15.6 Å². The number of rotatable bonds is 7. The molecule has 0 spiro atoms. The van der Waals surface area contributed by atoms with Gasteiger partial charge in [-0.3, -0.25) is 0 Å². The lowest BCUT2D eigenvalue weighted by molar-refractivity contribution is 0.220. The smallest absolute Gasteiger partial charge is 0.252 e. The molecule has 0 fully saturated rings. The maximum Gasteiger partial charge on any atom is 0.252 e. The quantitative estimate of drug-likeness (QED) is 0.828. The van der Waals surface area contributed by atoms with E-state index in [1.54, 1.807) is 17.5 Å². The Morgan fingerprint density at radius 2 is 2.06 bits per heavy atom. The molecule has 0 aliphatic heterocycles. The van der Waals surface area contributed by atoms with Crippen LogP contribution in [-0.4, -0.2) is 37.0 Å². The number of aliphatic hydroxyl groups is 1. The van der Waals surface area contributed by atoms with Gasteiger partial charge in [0, 0.05) is 12.6 Å². The molecule has 4 nitrogen and oxygen atoms in total. The molecule has 6 heteroatoms. The highest BCUT2D eigenvalue weighted by molar-refractivity contribution is 7.91. The van der Waals surface area contributed by atoms with Crippen LogP contribution in [-0.2, 0) is 10.0 Å². The second-order valence-electron chi connectivity index (χ2n) is 3.74. The van der Waals surface area contributed by atoms with Crippen LogP contribution in [0.5, 0.6) is 0 Å². The first-order valence-electron chi connectivity index (χ1n) is 5.74. The summed E-state index contributed by atoms with van der Waals surface area (Å²) in [5, 5.41) is 10.8. The van der Waals surface area contributed by atoms with E-state index >= 15 is 0 Å². The van der Waals surface area contributed by atoms with Crippen LogP contribution in [0.15, 0.2) is 21.7 Å². The molecule has 0 aliphatic carbocycles. The van der Waals surface area contributed by atoms with Gasteiger partial charge in [0.05, 0.1) is 6.61 Å². The summed E-state index contributed by atoms with van der Waals surface area (Å²) in [5.41, 5.74) is 0. The summed E-state index contributed by atoms with van der Waals surface area (Å²) in [5.74, 6) is 0. The minimum atomic E-state index is -3.45. The highest BCUT2D eigenvalue weighted by Gasteiger charge is 2.29. The van der Waals surface area contributed by atoms with E-state index in [-0.39, 0.29) is 19.2 Å². The first-order valence-corrected chi connectivity index (χ1v) is 8.06. The van der Waals surface area contributed by atoms with E-state index in [0.717, 1.165) is 12.8 Å². The van der Waals surface area contributed by atoms with Crippen molar-refractivity contribution in [3.8, 4) is 0 Å². The molecule has 0 radical (unpaired) electrons. The van der Waals surface area contributed by atoms with Gasteiger partial charge < -0.3 is 5.11 Å². The van der Waals surface area contributed by atoms with Gasteiger partial charge in [0.2, 0.25) is 0 Å². The molecule has 98 valence electrons. The molecule has 1 aromatic heterocycles. The van der Waals surface area contributed by atoms with Gasteiger partial charge in [0.15, 0.2) is 0 Å². The summed E-state index contributed by atoms with van der Waals surface area (Å²) in [6, 6.07) is 3.28. The van der Waals surface area contributed by atoms with Gasteiger partial charge in [-0.25, -0.2) is 8.42 Å². The Morgan fingerprint density at radius 3 is 2.47 bits per heavy atom. The Bertz CT molecular complexity index is 410. The zero-order chi connectivity index (χ0) is 12.9. The van der Waals surface area contributed by atoms with Gasteiger partial charge in [0.1, 0.15) is 4.21 Å². The monoisotopic (exact) mass is 277 g/mol. The number of aliphatic hydroxyl groups excluding tert-OH is 1. The standard InChI is InChI=1S/C11H19NO3S2/c1-3-10(4-2)12(7-8-13)17(14,15)11-6-5-9-16-11/h5-6,9-10,13H,3-4,7-8H2,1-2H3. The van der Waals surface area contributed by atoms with E-state index in [0.29, 0.717) is 4.21 Å². The predicted octanol–water partition coefficient (Wildman–Crippen LogP) is 1.92. The molecule has 1 rings (SSSR count). The zero-order valence-electron chi connectivity index (χ0n) is 10.2. The van der Waals surface area contributed by atoms with Gasteiger partial charge in [-0.15, -0.1) is 11.3 Å². The summed E-state index contributed by atoms with van der Waals surface area (Å²) >= 11 is 1.21. The predicted molar refractivity (Wildman–Crippen MR) is 69.7 cm³/mol. The lowest BCUT2D eigenvalue weighted by atomic mass is 10.2. The van der Waals surface area contributed by atoms with Crippen LogP contribution in [0.1, 0.15) is 26.7 Å². The average Bonchev–Trinajstić information content (AvgIpc) is 2.83. The van der Waals surface area contributed by atoms with Crippen molar-refractivity contribution in [1.82, 2.24) is 4.31 Å². The summed E-state index contributed by atoms with van der Waals surface area (Å²) in [6.07, 6.45) is 1.50. The van der Waals surface area contributed by atoms with Crippen molar-refractivity contribution in [3.63, 3.8) is 0 Å². The molecule has 0 bridgehead atoms. The fourth-order valence-electron chi connectivity index (χ4n) is 1.82. The molecule has 0 saturated carbocycles. The number of sulfonamides is 1. The van der Waals surface area contributed by atoms with Gasteiger partial charge in [-0.05, 0) is 24.3 Å². The van der Waals surface area contributed by atoms with Gasteiger partial charge in [0.25, 0.3) is 10.0 Å². The molecule has 0 unspecified atom stereocenters. The van der Waals surface area contributed by atoms with Crippen molar-refractivity contribution in [2.24, 2.45) is 0 Å². The fraction of sp³-hybridized carbons (Fsp3) is 0.636. The van der Waals surface area contributed by atoms with Gasteiger partial charge >= 0.3 is 0 Å². The highest BCUT2D eigenvalue weighted by Crippen LogP contribution is 2.24. The number of hydrogen-bond donors (Lipinski definition) is 1. The van der Waals surface area contributed by atoms with Crippen molar-refractivity contribution in [2.75, 3.05) is 13.2 Å². The van der Waals surface area contributed by atoms with Crippen LogP contribution in [0.3, 0.4) is 0 Å². The second kappa shape index (κ2) is 6.49. The topological polar surface area (TPSA) is 57.6 Å². The first kappa shape index (κ1) is 14.6. The fourth-order valence-corrected chi connectivity index (χ4v) is 4.70. The SMILES string of the molecule is CCC(CC)N(CCO)S(=O)(=O)c1cccs1. The number of hydrogen-bond acceptors (Lipinski definition) is 4. The van der Waals surface area contributed by atoms with Crippen molar-refractivity contribution in [1.29, 1.82) is 0 Å². The minimum absolute atomic E-state index is 0.0470. The Morgan fingerprint density at radius 1 is 1.41 bits per heavy atom. The number of thiophene rings is 1. The Hall–Kier alpha value is -0.430. The van der Waals surface area contributed by atoms with Crippen LogP contribution >= 0.6 is 11.3 Å². The maximum atomic E-state index is 12.4. The molecular formula is C11H19NO3S2. The molecule has 0 saturated heterocycles. The summed E-state index contributed by atoms with van der Waals surface area (Å²) < 4.78 is 26.5. The normalized spacial score (nSPS) is 12.5. The summed E-state index contributed by atoms with van der Waals surface area (Å²) in [7, 11) is -3.45. The van der Waals surface area contributed by atoms with Crippen molar-refractivity contribution >= 4 is 21.4 Å². The molecule has 0 atom stereocenters. The molecule has 0 aromatic carbocycles. The first-order chi connectivity index (χ1) is 8.07. The van der Waals surface area contributed by atoms with E-state index in [2.05, 4.69) is 0 Å². The van der Waals surface area contributed by atoms with E-state index in [9.17, 15) is 8.42 Å². The molecule has 0 amide bonds. The third-order valence-electron chi connectivity index (χ3n) is 2.73. The molecule has 1 heterocycles. The highest BCUT2D eigenvalue weighted by atomic mass is 32.2. The summed E-state index contributed by atoms with van der Waals surface area (Å²) in [6.45, 7) is 3.93. The molecule has 0 aliphatic rings. The molecule has 17 heavy (non-hydrogen) atoms. The third kappa shape index (κ3) is 3.28. The molecular weight excluding hydrogens is 258 g/mol. The van der Waals surface area contributed by atoms with Gasteiger partial charge in [-0.2, -0.15) is 4.31 Å². The Balaban J connectivity index is 3.06. The van der Waals surface area contributed by atoms with E-state index in [1.807, 2.05) is 13.8 Å². The largest absolute Gasteiger partial charge is 0.395 e. The van der Waals surface area contributed by atoms with Crippen LogP contribution in [0.2, 0.25) is 0 Å². The number of nitrogens with zero attached hydrogens (tertiary/aromatic N) is 1. The Kier molecular flexibility index (Phi) is 5.58. The van der Waals surface area contributed by atoms with Crippen molar-refractivity contribution < 1.29 is 13.5 Å². The zero-order valence-corrected chi connectivity index (χ0v) is 11.8. The molecule has 1 N–H and O–H groups in total. The van der Waals surface area contributed by atoms with Crippen molar-refractivity contribution in [2.45, 2.75) is 36.9 Å². The third-order valence-corrected chi connectivity index (χ3v) is 6.05. The van der Waals surface area contributed by atoms with Crippen molar-refractivity contribution in [3.05, 3.63) is 17.5 Å². The molecule has 1 aromatic rings. The average molecular weight is 277 g/mol. The Labute approximate surface area is 107 Å². The second-order valence-corrected chi connectivity index (χ2v) is 6.81. The van der Waals surface area contributed by atoms with E-state index < -0.39 is 10.0 Å². The van der Waals surface area contributed by atoms with Crippen LogP contribution in [0.25, 0.3) is 0 Å². The van der Waals surface area contributed by atoms with Crippen LogP contribution in [0.4, 0.5) is 0 Å². The van der Waals surface area contributed by atoms with Crippen LogP contribution in [0, 0.1) is 0 Å². The maximum absolute atomic E-state index is 12.4. The lowest BCUT2D eigenvalue weighted by Gasteiger charge is -2.28. The minimum Gasteiger partial charge on any atom is -0.395 e. The van der Waals surface area contributed by atoms with E-state index in [4.69, 9.17) is 5.11 Å². The van der Waals surface area contributed by atoms with Crippen LogP contribution < -0.4 is 0 Å². The van der Waals surface area contributed by atoms with Gasteiger partial charge in [-0.1, -0.05) is 19.9 Å². The lowest BCUT2D eigenvalue weighted by Crippen LogP contribution is -2.41. The summed E-state index contributed by atoms with van der Waals surface area (Å²) in [4.78, 5) is 0.